The van der Waals surface area contributed by atoms with Crippen LogP contribution in [0.5, 0.6) is 0 Å². The summed E-state index contributed by atoms with van der Waals surface area (Å²) in [6.07, 6.45) is 1.31. The second-order valence-corrected chi connectivity index (χ2v) is 10.8. The van der Waals surface area contributed by atoms with E-state index >= 15 is 0 Å². The molecule has 0 saturated carbocycles. The molecule has 0 spiro atoms. The second-order valence-electron chi connectivity index (χ2n) is 10.8. The van der Waals surface area contributed by atoms with Crippen LogP contribution in [0.2, 0.25) is 0 Å². The van der Waals surface area contributed by atoms with Gasteiger partial charge in [0.2, 0.25) is 17.7 Å². The Labute approximate surface area is 241 Å². The number of ether oxygens (including phenoxy) is 1. The Bertz CT molecular complexity index is 1120. The minimum absolute atomic E-state index is 0.0436. The molecule has 1 unspecified atom stereocenters. The molecule has 1 fully saturated rings. The number of benzene rings is 2. The van der Waals surface area contributed by atoms with Gasteiger partial charge in [-0.05, 0) is 36.3 Å². The van der Waals surface area contributed by atoms with Crippen LogP contribution >= 0.6 is 0 Å². The Balaban J connectivity index is 1.70. The molecule has 0 aromatic heterocycles. The summed E-state index contributed by atoms with van der Waals surface area (Å²) in [4.78, 5) is 53.7. The molecule has 0 aliphatic carbocycles. The van der Waals surface area contributed by atoms with Crippen LogP contribution in [0.4, 0.5) is 0 Å². The fourth-order valence-electron chi connectivity index (χ4n) is 4.72. The molecule has 1 aliphatic rings. The van der Waals surface area contributed by atoms with Crippen molar-refractivity contribution in [2.75, 3.05) is 32.8 Å². The number of hydrogen-bond donors (Lipinski definition) is 4. The number of carbonyl (C=O) groups excluding carboxylic acids is 3. The van der Waals surface area contributed by atoms with Crippen LogP contribution in [0, 0.1) is 5.92 Å². The number of amides is 3. The minimum Gasteiger partial charge on any atom is -0.480 e. The molecule has 1 aliphatic heterocycles. The van der Waals surface area contributed by atoms with Crippen LogP contribution in [-0.2, 0) is 36.8 Å². The van der Waals surface area contributed by atoms with Crippen molar-refractivity contribution in [1.82, 2.24) is 20.9 Å². The Morgan fingerprint density at radius 3 is 1.95 bits per heavy atom. The number of morpholine rings is 1. The first-order valence-corrected chi connectivity index (χ1v) is 14.2. The standard InChI is InChI=1S/C31H42N4O6/c1-22(2)19-26(30(38)34-27(31(39)40)20-24-11-7-4-8-12-24)33-29(37)25(14-13-23-9-5-3-6-10-23)32-28(36)21-35-15-17-41-18-16-35/h3-12,22,25-27H,13-21H2,1-2H3,(H,32,36)(H,33,37)(H,34,38)(H,39,40)/t25-,26?,27-/m0/s1. The lowest BCUT2D eigenvalue weighted by atomic mass is 10.00. The van der Waals surface area contributed by atoms with Gasteiger partial charge >= 0.3 is 5.97 Å². The molecule has 1 saturated heterocycles. The van der Waals surface area contributed by atoms with Crippen molar-refractivity contribution in [2.24, 2.45) is 5.92 Å². The van der Waals surface area contributed by atoms with Crippen LogP contribution in [0.1, 0.15) is 37.8 Å². The lowest BCUT2D eigenvalue weighted by Crippen LogP contribution is -2.57. The van der Waals surface area contributed by atoms with Gasteiger partial charge in [0.1, 0.15) is 18.1 Å². The fraction of sp³-hybridized carbons (Fsp3) is 0.484. The number of nitrogens with one attached hydrogen (secondary N) is 3. The highest BCUT2D eigenvalue weighted by atomic mass is 16.5. The summed E-state index contributed by atoms with van der Waals surface area (Å²) >= 11 is 0. The maximum absolute atomic E-state index is 13.5. The van der Waals surface area contributed by atoms with E-state index in [9.17, 15) is 24.3 Å². The highest BCUT2D eigenvalue weighted by Gasteiger charge is 2.30. The van der Waals surface area contributed by atoms with E-state index in [-0.39, 0.29) is 24.8 Å². The molecule has 3 amide bonds. The van der Waals surface area contributed by atoms with Crippen molar-refractivity contribution in [1.29, 1.82) is 0 Å². The first-order valence-electron chi connectivity index (χ1n) is 14.2. The average molecular weight is 567 g/mol. The molecule has 41 heavy (non-hydrogen) atoms. The molecular weight excluding hydrogens is 524 g/mol. The number of carbonyl (C=O) groups is 4. The van der Waals surface area contributed by atoms with Crippen LogP contribution < -0.4 is 16.0 Å². The van der Waals surface area contributed by atoms with Crippen molar-refractivity contribution in [2.45, 2.75) is 57.7 Å². The molecule has 4 N–H and O–H groups in total. The number of aryl methyl sites for hydroxylation is 1. The summed E-state index contributed by atoms with van der Waals surface area (Å²) in [5.74, 6) is -2.45. The van der Waals surface area contributed by atoms with E-state index in [1.807, 2.05) is 55.1 Å². The molecule has 3 rings (SSSR count). The molecule has 1 heterocycles. The second kappa shape index (κ2) is 16.5. The smallest absolute Gasteiger partial charge is 0.326 e. The molecule has 0 bridgehead atoms. The number of aliphatic carboxylic acids is 1. The molecule has 3 atom stereocenters. The Kier molecular flexibility index (Phi) is 12.8. The first-order chi connectivity index (χ1) is 19.7. The van der Waals surface area contributed by atoms with Gasteiger partial charge in [-0.1, -0.05) is 74.5 Å². The van der Waals surface area contributed by atoms with Crippen molar-refractivity contribution in [3.05, 3.63) is 71.8 Å². The summed E-state index contributed by atoms with van der Waals surface area (Å²) in [5.41, 5.74) is 1.79. The number of carboxylic acid groups (broad SMARTS) is 1. The number of nitrogens with zero attached hydrogens (tertiary/aromatic N) is 1. The topological polar surface area (TPSA) is 137 Å². The van der Waals surface area contributed by atoms with E-state index in [0.717, 1.165) is 11.1 Å². The number of carboxylic acids is 1. The van der Waals surface area contributed by atoms with Crippen LogP contribution in [0.3, 0.4) is 0 Å². The van der Waals surface area contributed by atoms with E-state index in [4.69, 9.17) is 4.74 Å². The predicted molar refractivity (Wildman–Crippen MR) is 155 cm³/mol. The lowest BCUT2D eigenvalue weighted by molar-refractivity contribution is -0.142. The summed E-state index contributed by atoms with van der Waals surface area (Å²) in [5, 5.41) is 18.1. The fourth-order valence-corrected chi connectivity index (χ4v) is 4.72. The van der Waals surface area contributed by atoms with Crippen LogP contribution in [0.25, 0.3) is 0 Å². The molecule has 222 valence electrons. The highest BCUT2D eigenvalue weighted by Crippen LogP contribution is 2.11. The lowest BCUT2D eigenvalue weighted by Gasteiger charge is -2.28. The van der Waals surface area contributed by atoms with Gasteiger partial charge in [0.15, 0.2) is 0 Å². The van der Waals surface area contributed by atoms with E-state index in [1.54, 1.807) is 24.3 Å². The zero-order valence-corrected chi connectivity index (χ0v) is 23.9. The number of hydrogen-bond acceptors (Lipinski definition) is 6. The zero-order chi connectivity index (χ0) is 29.6. The Morgan fingerprint density at radius 1 is 0.805 bits per heavy atom. The van der Waals surface area contributed by atoms with E-state index in [0.29, 0.717) is 45.6 Å². The van der Waals surface area contributed by atoms with Gasteiger partial charge in [0.05, 0.1) is 19.8 Å². The normalized spacial score (nSPS) is 15.9. The van der Waals surface area contributed by atoms with Crippen molar-refractivity contribution >= 4 is 23.7 Å². The molecular formula is C31H42N4O6. The quantitative estimate of drug-likeness (QED) is 0.258. The van der Waals surface area contributed by atoms with Gasteiger partial charge in [-0.2, -0.15) is 0 Å². The Hall–Kier alpha value is -3.76. The largest absolute Gasteiger partial charge is 0.480 e. The number of rotatable bonds is 15. The van der Waals surface area contributed by atoms with Crippen molar-refractivity contribution in [3.8, 4) is 0 Å². The monoisotopic (exact) mass is 566 g/mol. The summed E-state index contributed by atoms with van der Waals surface area (Å²) in [6.45, 7) is 6.37. The van der Waals surface area contributed by atoms with E-state index in [1.165, 1.54) is 0 Å². The van der Waals surface area contributed by atoms with Gasteiger partial charge in [0.25, 0.3) is 0 Å². The van der Waals surface area contributed by atoms with Gasteiger partial charge in [-0.15, -0.1) is 0 Å². The van der Waals surface area contributed by atoms with Gasteiger partial charge in [-0.3, -0.25) is 19.3 Å². The van der Waals surface area contributed by atoms with Crippen molar-refractivity contribution < 1.29 is 29.0 Å². The first kappa shape index (κ1) is 31.8. The van der Waals surface area contributed by atoms with Crippen LogP contribution in [0.15, 0.2) is 60.7 Å². The molecule has 0 radical (unpaired) electrons. The molecule has 2 aromatic rings. The summed E-state index contributed by atoms with van der Waals surface area (Å²) < 4.78 is 5.35. The highest BCUT2D eigenvalue weighted by molar-refractivity contribution is 5.93. The minimum atomic E-state index is -1.16. The van der Waals surface area contributed by atoms with Gasteiger partial charge in [0, 0.05) is 19.5 Å². The summed E-state index contributed by atoms with van der Waals surface area (Å²) in [6, 6.07) is 15.7. The van der Waals surface area contributed by atoms with E-state index < -0.39 is 35.9 Å². The third-order valence-electron chi connectivity index (χ3n) is 6.92. The molecule has 2 aromatic carbocycles. The third kappa shape index (κ3) is 11.3. The maximum atomic E-state index is 13.5. The molecule has 10 heteroatoms. The van der Waals surface area contributed by atoms with Crippen LogP contribution in [-0.4, -0.2) is 84.7 Å². The maximum Gasteiger partial charge on any atom is 0.326 e. The van der Waals surface area contributed by atoms with Gasteiger partial charge in [-0.25, -0.2) is 4.79 Å². The predicted octanol–water partition coefficient (Wildman–Crippen LogP) is 1.78. The average Bonchev–Trinajstić information content (AvgIpc) is 2.95. The Morgan fingerprint density at radius 2 is 1.37 bits per heavy atom. The van der Waals surface area contributed by atoms with E-state index in [2.05, 4.69) is 16.0 Å². The van der Waals surface area contributed by atoms with Crippen molar-refractivity contribution in [3.63, 3.8) is 0 Å². The zero-order valence-electron chi connectivity index (χ0n) is 23.9. The SMILES string of the molecule is CC(C)CC(NC(=O)[C@H](CCc1ccccc1)NC(=O)CN1CCOCC1)C(=O)N[C@@H](Cc1ccccc1)C(=O)O. The molecule has 10 nitrogen and oxygen atoms in total. The third-order valence-corrected chi connectivity index (χ3v) is 6.92. The summed E-state index contributed by atoms with van der Waals surface area (Å²) in [7, 11) is 0. The van der Waals surface area contributed by atoms with Gasteiger partial charge < -0.3 is 25.8 Å².